The van der Waals surface area contributed by atoms with E-state index in [-0.39, 0.29) is 24.0 Å². The van der Waals surface area contributed by atoms with E-state index in [2.05, 4.69) is 5.18 Å². The molecule has 96 valence electrons. The van der Waals surface area contributed by atoms with Crippen molar-refractivity contribution in [3.63, 3.8) is 0 Å². The maximum atomic E-state index is 12.0. The number of likely N-dealkylation sites (tertiary alicyclic amines) is 1. The van der Waals surface area contributed by atoms with Crippen LogP contribution in [0.15, 0.2) is 35.5 Å². The molecule has 1 aromatic carbocycles. The molecule has 0 radical (unpaired) electrons. The van der Waals surface area contributed by atoms with Crippen molar-refractivity contribution in [2.45, 2.75) is 44.8 Å². The first-order valence-electron chi connectivity index (χ1n) is 6.33. The number of amides is 1. The summed E-state index contributed by atoms with van der Waals surface area (Å²) in [7, 11) is 0. The van der Waals surface area contributed by atoms with Crippen LogP contribution in [0, 0.1) is 4.91 Å². The lowest BCUT2D eigenvalue weighted by molar-refractivity contribution is -0.131. The van der Waals surface area contributed by atoms with Crippen LogP contribution in [0.3, 0.4) is 0 Å². The van der Waals surface area contributed by atoms with Gasteiger partial charge in [-0.2, -0.15) is 4.91 Å². The number of nitroso groups, excluding NO2 is 1. The summed E-state index contributed by atoms with van der Waals surface area (Å²) in [6.07, 6.45) is 1.24. The van der Waals surface area contributed by atoms with Gasteiger partial charge < -0.3 is 4.90 Å². The Morgan fingerprint density at radius 1 is 1.28 bits per heavy atom. The van der Waals surface area contributed by atoms with Crippen molar-refractivity contribution in [2.75, 3.05) is 0 Å². The van der Waals surface area contributed by atoms with E-state index in [0.717, 1.165) is 12.0 Å². The molecule has 3 atom stereocenters. The van der Waals surface area contributed by atoms with Gasteiger partial charge in [0.1, 0.15) is 6.04 Å². The number of nitrogens with zero attached hydrogens (tertiary/aromatic N) is 2. The van der Waals surface area contributed by atoms with E-state index >= 15 is 0 Å². The Labute approximate surface area is 107 Å². The molecule has 1 saturated heterocycles. The first-order valence-corrected chi connectivity index (χ1v) is 6.33. The summed E-state index contributed by atoms with van der Waals surface area (Å²) in [6, 6.07) is 9.47. The standard InChI is InChI=1S/C14H18N2O2/c1-10(15-18)13-8-9-14(17)16(13)11(2)12-6-4-3-5-7-12/h3-7,10-11,13H,8-9H2,1-2H3/t10?,11?,13-/m0/s1. The second-order valence-corrected chi connectivity index (χ2v) is 4.84. The highest BCUT2D eigenvalue weighted by Gasteiger charge is 2.38. The summed E-state index contributed by atoms with van der Waals surface area (Å²) >= 11 is 0. The molecule has 1 amide bonds. The lowest BCUT2D eigenvalue weighted by Gasteiger charge is -2.32. The van der Waals surface area contributed by atoms with Crippen LogP contribution in [-0.2, 0) is 4.79 Å². The predicted octanol–water partition coefficient (Wildman–Crippen LogP) is 2.89. The molecule has 1 aromatic rings. The van der Waals surface area contributed by atoms with Crippen molar-refractivity contribution in [3.8, 4) is 0 Å². The van der Waals surface area contributed by atoms with Crippen LogP contribution in [0.1, 0.15) is 38.3 Å². The maximum absolute atomic E-state index is 12.0. The fourth-order valence-corrected chi connectivity index (χ4v) is 2.66. The van der Waals surface area contributed by atoms with E-state index in [1.807, 2.05) is 42.2 Å². The minimum atomic E-state index is -0.345. The average molecular weight is 246 g/mol. The summed E-state index contributed by atoms with van der Waals surface area (Å²) < 4.78 is 0. The second-order valence-electron chi connectivity index (χ2n) is 4.84. The van der Waals surface area contributed by atoms with Gasteiger partial charge >= 0.3 is 0 Å². The van der Waals surface area contributed by atoms with E-state index in [4.69, 9.17) is 0 Å². The highest BCUT2D eigenvalue weighted by molar-refractivity contribution is 5.79. The van der Waals surface area contributed by atoms with Crippen LogP contribution in [0.5, 0.6) is 0 Å². The van der Waals surface area contributed by atoms with E-state index in [9.17, 15) is 9.70 Å². The number of carbonyl (C=O) groups is 1. The summed E-state index contributed by atoms with van der Waals surface area (Å²) in [6.45, 7) is 3.78. The van der Waals surface area contributed by atoms with Gasteiger partial charge in [-0.15, -0.1) is 0 Å². The smallest absolute Gasteiger partial charge is 0.223 e. The molecule has 2 unspecified atom stereocenters. The molecular weight excluding hydrogens is 228 g/mol. The Kier molecular flexibility index (Phi) is 3.75. The zero-order valence-electron chi connectivity index (χ0n) is 10.7. The third-order valence-electron chi connectivity index (χ3n) is 3.72. The van der Waals surface area contributed by atoms with Crippen LogP contribution >= 0.6 is 0 Å². The van der Waals surface area contributed by atoms with Crippen molar-refractivity contribution < 1.29 is 4.79 Å². The van der Waals surface area contributed by atoms with Gasteiger partial charge in [-0.1, -0.05) is 35.5 Å². The van der Waals surface area contributed by atoms with Gasteiger partial charge in [0, 0.05) is 6.42 Å². The summed E-state index contributed by atoms with van der Waals surface area (Å²) in [5.41, 5.74) is 1.09. The molecule has 4 nitrogen and oxygen atoms in total. The van der Waals surface area contributed by atoms with Crippen LogP contribution in [-0.4, -0.2) is 22.9 Å². The van der Waals surface area contributed by atoms with Gasteiger partial charge in [0.2, 0.25) is 5.91 Å². The van der Waals surface area contributed by atoms with E-state index in [0.29, 0.717) is 6.42 Å². The van der Waals surface area contributed by atoms with Gasteiger partial charge in [-0.05, 0) is 25.8 Å². The molecule has 4 heteroatoms. The van der Waals surface area contributed by atoms with Gasteiger partial charge in [-0.3, -0.25) is 4.79 Å². The van der Waals surface area contributed by atoms with Crippen LogP contribution < -0.4 is 0 Å². The lowest BCUT2D eigenvalue weighted by Crippen LogP contribution is -2.40. The van der Waals surface area contributed by atoms with Crippen molar-refractivity contribution in [1.29, 1.82) is 0 Å². The Morgan fingerprint density at radius 3 is 2.56 bits per heavy atom. The SMILES string of the molecule is CC(N=O)[C@@H]1CCC(=O)N1C(C)c1ccccc1. The summed E-state index contributed by atoms with van der Waals surface area (Å²) in [4.78, 5) is 24.5. The Balaban J connectivity index is 2.24. The van der Waals surface area contributed by atoms with Crippen molar-refractivity contribution >= 4 is 5.91 Å². The quantitative estimate of drug-likeness (QED) is 0.767. The van der Waals surface area contributed by atoms with E-state index in [1.165, 1.54) is 0 Å². The topological polar surface area (TPSA) is 49.7 Å². The predicted molar refractivity (Wildman–Crippen MR) is 70.0 cm³/mol. The number of rotatable bonds is 4. The fourth-order valence-electron chi connectivity index (χ4n) is 2.66. The molecule has 0 aliphatic carbocycles. The Bertz CT molecular complexity index is 433. The van der Waals surface area contributed by atoms with Gasteiger partial charge in [0.05, 0.1) is 12.1 Å². The van der Waals surface area contributed by atoms with E-state index in [1.54, 1.807) is 6.92 Å². The average Bonchev–Trinajstić information content (AvgIpc) is 2.80. The van der Waals surface area contributed by atoms with Crippen molar-refractivity contribution in [3.05, 3.63) is 40.8 Å². The Hall–Kier alpha value is -1.71. The van der Waals surface area contributed by atoms with Gasteiger partial charge in [0.15, 0.2) is 0 Å². The molecule has 2 rings (SSSR count). The summed E-state index contributed by atoms with van der Waals surface area (Å²) in [5, 5.41) is 3.09. The molecule has 0 spiro atoms. The minimum Gasteiger partial charge on any atom is -0.331 e. The molecule has 1 aliphatic heterocycles. The zero-order valence-corrected chi connectivity index (χ0v) is 10.7. The van der Waals surface area contributed by atoms with Crippen molar-refractivity contribution in [2.24, 2.45) is 5.18 Å². The highest BCUT2D eigenvalue weighted by atomic mass is 16.3. The fraction of sp³-hybridized carbons (Fsp3) is 0.500. The molecular formula is C14H18N2O2. The molecule has 18 heavy (non-hydrogen) atoms. The molecule has 0 aromatic heterocycles. The Morgan fingerprint density at radius 2 is 1.94 bits per heavy atom. The molecule has 0 saturated carbocycles. The largest absolute Gasteiger partial charge is 0.331 e. The molecule has 1 heterocycles. The third kappa shape index (κ3) is 2.28. The van der Waals surface area contributed by atoms with Gasteiger partial charge in [-0.25, -0.2) is 0 Å². The first kappa shape index (κ1) is 12.7. The highest BCUT2D eigenvalue weighted by Crippen LogP contribution is 2.32. The summed E-state index contributed by atoms with van der Waals surface area (Å²) in [5.74, 6) is 0.117. The second kappa shape index (κ2) is 5.29. The normalized spacial score (nSPS) is 22.9. The zero-order chi connectivity index (χ0) is 13.1. The lowest BCUT2D eigenvalue weighted by atomic mass is 10.0. The maximum Gasteiger partial charge on any atom is 0.223 e. The number of carbonyl (C=O) groups excluding carboxylic acids is 1. The van der Waals surface area contributed by atoms with Crippen LogP contribution in [0.4, 0.5) is 0 Å². The molecule has 1 fully saturated rings. The first-order chi connectivity index (χ1) is 8.65. The molecule has 0 N–H and O–H groups in total. The number of benzene rings is 1. The monoisotopic (exact) mass is 246 g/mol. The molecule has 1 aliphatic rings. The minimum absolute atomic E-state index is 0.00426. The molecule has 0 bridgehead atoms. The van der Waals surface area contributed by atoms with Crippen LogP contribution in [0.25, 0.3) is 0 Å². The number of hydrogen-bond donors (Lipinski definition) is 0. The van der Waals surface area contributed by atoms with Crippen molar-refractivity contribution in [1.82, 2.24) is 4.90 Å². The third-order valence-corrected chi connectivity index (χ3v) is 3.72. The number of hydrogen-bond acceptors (Lipinski definition) is 3. The van der Waals surface area contributed by atoms with E-state index < -0.39 is 0 Å². The van der Waals surface area contributed by atoms with Gasteiger partial charge in [0.25, 0.3) is 0 Å². The van der Waals surface area contributed by atoms with Crippen LogP contribution in [0.2, 0.25) is 0 Å².